The zero-order valence-corrected chi connectivity index (χ0v) is 9.55. The Hall–Kier alpha value is -2.34. The van der Waals surface area contributed by atoms with E-state index in [4.69, 9.17) is 10.00 Å². The second-order valence-electron chi connectivity index (χ2n) is 3.77. The summed E-state index contributed by atoms with van der Waals surface area (Å²) < 4.78 is 5.61. The summed E-state index contributed by atoms with van der Waals surface area (Å²) in [6.45, 7) is 2.41. The van der Waals surface area contributed by atoms with Gasteiger partial charge in [-0.1, -0.05) is 12.1 Å². The predicted molar refractivity (Wildman–Crippen MR) is 64.5 cm³/mol. The standard InChI is InChI=1S/C14H12N2O/c1-11-6-12(9-16-8-11)10-17-14-5-3-2-4-13(14)7-15/h2-6,8-9H,10H2,1H3. The Morgan fingerprint density at radius 2 is 2.12 bits per heavy atom. The van der Waals surface area contributed by atoms with E-state index < -0.39 is 0 Å². The van der Waals surface area contributed by atoms with Crippen LogP contribution in [0, 0.1) is 18.3 Å². The molecule has 0 atom stereocenters. The highest BCUT2D eigenvalue weighted by Gasteiger charge is 2.02. The highest BCUT2D eigenvalue weighted by Crippen LogP contribution is 2.18. The molecule has 3 nitrogen and oxygen atoms in total. The first-order valence-electron chi connectivity index (χ1n) is 5.32. The molecule has 0 spiro atoms. The van der Waals surface area contributed by atoms with Crippen LogP contribution in [-0.4, -0.2) is 4.98 Å². The maximum absolute atomic E-state index is 8.92. The van der Waals surface area contributed by atoms with Crippen LogP contribution < -0.4 is 4.74 Å². The summed E-state index contributed by atoms with van der Waals surface area (Å²) in [7, 11) is 0. The fraction of sp³-hybridized carbons (Fsp3) is 0.143. The molecule has 0 fully saturated rings. The number of ether oxygens (including phenoxy) is 1. The summed E-state index contributed by atoms with van der Waals surface area (Å²) in [5, 5.41) is 8.92. The van der Waals surface area contributed by atoms with Crippen LogP contribution >= 0.6 is 0 Å². The third-order valence-electron chi connectivity index (χ3n) is 2.33. The number of para-hydroxylation sites is 1. The number of hydrogen-bond acceptors (Lipinski definition) is 3. The molecule has 1 aromatic heterocycles. The third kappa shape index (κ3) is 2.82. The molecule has 0 unspecified atom stereocenters. The third-order valence-corrected chi connectivity index (χ3v) is 2.33. The second kappa shape index (κ2) is 5.13. The van der Waals surface area contributed by atoms with Gasteiger partial charge >= 0.3 is 0 Å². The van der Waals surface area contributed by atoms with Crippen LogP contribution in [0.25, 0.3) is 0 Å². The largest absolute Gasteiger partial charge is 0.487 e. The van der Waals surface area contributed by atoms with E-state index in [9.17, 15) is 0 Å². The van der Waals surface area contributed by atoms with Crippen molar-refractivity contribution < 1.29 is 4.74 Å². The topological polar surface area (TPSA) is 45.9 Å². The fourth-order valence-corrected chi connectivity index (χ4v) is 1.54. The van der Waals surface area contributed by atoms with Gasteiger partial charge in [-0.2, -0.15) is 5.26 Å². The van der Waals surface area contributed by atoms with Gasteiger partial charge in [0.15, 0.2) is 0 Å². The Bertz CT molecular complexity index is 558. The van der Waals surface area contributed by atoms with Gasteiger partial charge in [0.1, 0.15) is 18.4 Å². The first-order chi connectivity index (χ1) is 8.29. The molecule has 0 radical (unpaired) electrons. The number of rotatable bonds is 3. The predicted octanol–water partition coefficient (Wildman–Crippen LogP) is 2.84. The summed E-state index contributed by atoms with van der Waals surface area (Å²) in [6, 6.07) is 11.3. The van der Waals surface area contributed by atoms with E-state index in [1.54, 1.807) is 24.5 Å². The molecule has 0 saturated heterocycles. The Morgan fingerprint density at radius 1 is 1.29 bits per heavy atom. The highest BCUT2D eigenvalue weighted by molar-refractivity contribution is 5.42. The average Bonchev–Trinajstić information content (AvgIpc) is 2.37. The molecule has 0 aliphatic rings. The molecule has 1 heterocycles. The van der Waals surface area contributed by atoms with Gasteiger partial charge in [-0.05, 0) is 30.7 Å². The lowest BCUT2D eigenvalue weighted by atomic mass is 10.2. The molecule has 0 aliphatic heterocycles. The van der Waals surface area contributed by atoms with Gasteiger partial charge in [-0.15, -0.1) is 0 Å². The minimum Gasteiger partial charge on any atom is -0.487 e. The first kappa shape index (κ1) is 11.2. The van der Waals surface area contributed by atoms with Crippen LogP contribution in [0.4, 0.5) is 0 Å². The lowest BCUT2D eigenvalue weighted by Crippen LogP contribution is -1.98. The molecule has 0 amide bonds. The van der Waals surface area contributed by atoms with Gasteiger partial charge in [-0.3, -0.25) is 4.98 Å². The number of hydrogen-bond donors (Lipinski definition) is 0. The molecule has 0 saturated carbocycles. The fourth-order valence-electron chi connectivity index (χ4n) is 1.54. The highest BCUT2D eigenvalue weighted by atomic mass is 16.5. The summed E-state index contributed by atoms with van der Waals surface area (Å²) in [4.78, 5) is 4.09. The Labute approximate surface area is 100 Å². The summed E-state index contributed by atoms with van der Waals surface area (Å²) >= 11 is 0. The SMILES string of the molecule is Cc1cncc(COc2ccccc2C#N)c1. The van der Waals surface area contributed by atoms with Gasteiger partial charge in [0.25, 0.3) is 0 Å². The molecular formula is C14H12N2O. The molecule has 0 aliphatic carbocycles. The van der Waals surface area contributed by atoms with Crippen molar-refractivity contribution in [2.75, 3.05) is 0 Å². The lowest BCUT2D eigenvalue weighted by Gasteiger charge is -2.07. The summed E-state index contributed by atoms with van der Waals surface area (Å²) in [6.07, 6.45) is 3.56. The van der Waals surface area contributed by atoms with Crippen LogP contribution in [0.2, 0.25) is 0 Å². The number of aryl methyl sites for hydroxylation is 1. The number of nitriles is 1. The van der Waals surface area contributed by atoms with Crippen molar-refractivity contribution >= 4 is 0 Å². The van der Waals surface area contributed by atoms with Crippen LogP contribution in [-0.2, 0) is 6.61 Å². The minimum atomic E-state index is 0.424. The molecule has 0 N–H and O–H groups in total. The van der Waals surface area contributed by atoms with Gasteiger partial charge in [0.05, 0.1) is 5.56 Å². The van der Waals surface area contributed by atoms with Crippen LogP contribution in [0.5, 0.6) is 5.75 Å². The quantitative estimate of drug-likeness (QED) is 0.805. The van der Waals surface area contributed by atoms with E-state index in [-0.39, 0.29) is 0 Å². The van der Waals surface area contributed by atoms with E-state index in [1.165, 1.54) is 0 Å². The van der Waals surface area contributed by atoms with E-state index in [0.717, 1.165) is 11.1 Å². The number of aromatic nitrogens is 1. The van der Waals surface area contributed by atoms with Gasteiger partial charge in [0, 0.05) is 18.0 Å². The molecular weight excluding hydrogens is 212 g/mol. The Balaban J connectivity index is 2.10. The molecule has 17 heavy (non-hydrogen) atoms. The van der Waals surface area contributed by atoms with Gasteiger partial charge in [0.2, 0.25) is 0 Å². The number of benzene rings is 1. The molecule has 2 rings (SSSR count). The van der Waals surface area contributed by atoms with Crippen molar-refractivity contribution in [1.82, 2.24) is 4.98 Å². The van der Waals surface area contributed by atoms with Gasteiger partial charge < -0.3 is 4.74 Å². The Kier molecular flexibility index (Phi) is 3.37. The van der Waals surface area contributed by atoms with Gasteiger partial charge in [-0.25, -0.2) is 0 Å². The molecule has 3 heteroatoms. The zero-order valence-electron chi connectivity index (χ0n) is 9.55. The van der Waals surface area contributed by atoms with Crippen LogP contribution in [0.1, 0.15) is 16.7 Å². The van der Waals surface area contributed by atoms with E-state index in [1.807, 2.05) is 25.1 Å². The monoisotopic (exact) mass is 224 g/mol. The van der Waals surface area contributed by atoms with Crippen molar-refractivity contribution in [3.63, 3.8) is 0 Å². The summed E-state index contributed by atoms with van der Waals surface area (Å²) in [5.74, 6) is 0.608. The molecule has 84 valence electrons. The van der Waals surface area contributed by atoms with E-state index >= 15 is 0 Å². The molecule has 2 aromatic rings. The van der Waals surface area contributed by atoms with Crippen LogP contribution in [0.15, 0.2) is 42.7 Å². The Morgan fingerprint density at radius 3 is 2.88 bits per heavy atom. The number of nitrogens with zero attached hydrogens (tertiary/aromatic N) is 2. The average molecular weight is 224 g/mol. The van der Waals surface area contributed by atoms with Crippen molar-refractivity contribution in [2.24, 2.45) is 0 Å². The van der Waals surface area contributed by atoms with Crippen molar-refractivity contribution in [2.45, 2.75) is 13.5 Å². The second-order valence-corrected chi connectivity index (χ2v) is 3.77. The van der Waals surface area contributed by atoms with Crippen LogP contribution in [0.3, 0.4) is 0 Å². The zero-order chi connectivity index (χ0) is 12.1. The van der Waals surface area contributed by atoms with Crippen molar-refractivity contribution in [3.05, 3.63) is 59.4 Å². The first-order valence-corrected chi connectivity index (χ1v) is 5.32. The van der Waals surface area contributed by atoms with E-state index in [2.05, 4.69) is 11.1 Å². The normalized spacial score (nSPS) is 9.65. The number of pyridine rings is 1. The maximum atomic E-state index is 8.92. The minimum absolute atomic E-state index is 0.424. The van der Waals surface area contributed by atoms with Crippen molar-refractivity contribution in [3.8, 4) is 11.8 Å². The smallest absolute Gasteiger partial charge is 0.137 e. The van der Waals surface area contributed by atoms with E-state index in [0.29, 0.717) is 17.9 Å². The van der Waals surface area contributed by atoms with Crippen molar-refractivity contribution in [1.29, 1.82) is 5.26 Å². The maximum Gasteiger partial charge on any atom is 0.137 e. The summed E-state index contributed by atoms with van der Waals surface area (Å²) in [5.41, 5.74) is 2.64. The lowest BCUT2D eigenvalue weighted by molar-refractivity contribution is 0.305. The molecule has 0 bridgehead atoms. The molecule has 1 aromatic carbocycles.